The second kappa shape index (κ2) is 13.6. The SMILES string of the molecule is CCc1cccc(C2=[C]([Zr](=[GeH2])([C]3=C(c4cccc(CC)c4)C=CC3)([c]3ccccc3)[c]3ccccc3)CC=C2)c1.Cl.Cl. The topological polar surface area (TPSA) is 0 Å². The Labute approximate surface area is 269 Å². The molecule has 0 saturated heterocycles. The number of allylic oxidation sites excluding steroid dienone is 8. The van der Waals surface area contributed by atoms with Gasteiger partial charge in [-0.2, -0.15) is 0 Å². The normalized spacial score (nSPS) is 14.6. The number of hydrogen-bond acceptors (Lipinski definition) is 0. The minimum absolute atomic E-state index is 0. The molecule has 2 aliphatic carbocycles. The van der Waals surface area contributed by atoms with Gasteiger partial charge in [-0.25, -0.2) is 0 Å². The van der Waals surface area contributed by atoms with Crippen LogP contribution in [0.3, 0.4) is 0 Å². The first-order valence-electron chi connectivity index (χ1n) is 14.7. The van der Waals surface area contributed by atoms with E-state index in [1.54, 1.807) is 13.1 Å². The van der Waals surface area contributed by atoms with Gasteiger partial charge in [0, 0.05) is 0 Å². The summed E-state index contributed by atoms with van der Waals surface area (Å²) >= 11 is -3.08. The molecular weight excluding hydrogens is 691 g/mol. The van der Waals surface area contributed by atoms with Gasteiger partial charge in [-0.1, -0.05) is 0 Å². The zero-order valence-electron chi connectivity index (χ0n) is 24.6. The number of benzene rings is 4. The van der Waals surface area contributed by atoms with Crippen molar-refractivity contribution in [2.75, 3.05) is 0 Å². The Morgan fingerprint density at radius 1 is 0.548 bits per heavy atom. The Kier molecular flexibility index (Phi) is 10.6. The molecule has 42 heavy (non-hydrogen) atoms. The second-order valence-corrected chi connectivity index (χ2v) is 41.8. The smallest absolute Gasteiger partial charge is 0.147 e. The van der Waals surface area contributed by atoms with Gasteiger partial charge in [0.2, 0.25) is 0 Å². The van der Waals surface area contributed by atoms with E-state index in [2.05, 4.69) is 147 Å². The summed E-state index contributed by atoms with van der Waals surface area (Å²) in [5.41, 5.74) is 8.52. The number of halogens is 2. The molecule has 6 rings (SSSR count). The molecule has 0 unspecified atom stereocenters. The fraction of sp³-hybridized carbons (Fsp3) is 0.158. The van der Waals surface area contributed by atoms with E-state index in [0.717, 1.165) is 25.7 Å². The third-order valence-corrected chi connectivity index (χ3v) is 46.8. The van der Waals surface area contributed by atoms with Crippen molar-refractivity contribution in [3.05, 3.63) is 162 Å². The van der Waals surface area contributed by atoms with Crippen molar-refractivity contribution >= 4 is 54.6 Å². The molecule has 0 aromatic heterocycles. The van der Waals surface area contributed by atoms with E-state index in [0.29, 0.717) is 0 Å². The van der Waals surface area contributed by atoms with Crippen LogP contribution in [0.2, 0.25) is 0 Å². The molecule has 0 nitrogen and oxygen atoms in total. The molecule has 4 aromatic rings. The Balaban J connectivity index is 0.00000202. The van der Waals surface area contributed by atoms with Crippen molar-refractivity contribution in [2.45, 2.75) is 39.5 Å². The predicted molar refractivity (Wildman–Crippen MR) is 188 cm³/mol. The van der Waals surface area contributed by atoms with Crippen molar-refractivity contribution < 1.29 is 15.7 Å². The van der Waals surface area contributed by atoms with E-state index < -0.39 is 15.7 Å². The van der Waals surface area contributed by atoms with Gasteiger partial charge >= 0.3 is 247 Å². The molecule has 2 aliphatic rings. The summed E-state index contributed by atoms with van der Waals surface area (Å²) in [6.07, 6.45) is 14.0. The predicted octanol–water partition coefficient (Wildman–Crippen LogP) is 8.59. The zero-order chi connectivity index (χ0) is 27.6. The molecule has 0 amide bonds. The Bertz CT molecular complexity index is 1630. The standard InChI is InChI=1S/2C13H13.2C6H5.2ClH.GeH2.Zr/c2*1-2-11-6-5-9-13(10-11)12-7-3-4-8-12;2*1-2-4-6-5-3-1;;;;/h2*3,5-7,9-10H,2,4H2,1H3;2*1-5H;2*1H;1H2;. The van der Waals surface area contributed by atoms with Crippen LogP contribution in [0.5, 0.6) is 0 Å². The van der Waals surface area contributed by atoms with Crippen LogP contribution in [0, 0.1) is 0 Å². The molecule has 0 radical (unpaired) electrons. The van der Waals surface area contributed by atoms with Crippen LogP contribution in [-0.2, 0) is 28.5 Å². The maximum absolute atomic E-state index is 4.34. The van der Waals surface area contributed by atoms with Gasteiger partial charge in [-0.05, 0) is 0 Å². The van der Waals surface area contributed by atoms with Gasteiger partial charge in [-0.3, -0.25) is 0 Å². The van der Waals surface area contributed by atoms with Gasteiger partial charge in [0.05, 0.1) is 0 Å². The van der Waals surface area contributed by atoms with Crippen molar-refractivity contribution in [3.63, 3.8) is 0 Å². The number of hydrogen-bond donors (Lipinski definition) is 0. The van der Waals surface area contributed by atoms with Crippen molar-refractivity contribution in [1.82, 2.24) is 0 Å². The first kappa shape index (κ1) is 32.8. The summed E-state index contributed by atoms with van der Waals surface area (Å²) in [5, 5.41) is 0. The largest absolute Gasteiger partial charge is 0.147 e. The van der Waals surface area contributed by atoms with E-state index in [1.807, 2.05) is 0 Å². The van der Waals surface area contributed by atoms with E-state index in [1.165, 1.54) is 45.5 Å². The average Bonchev–Trinajstić information content (AvgIpc) is 3.74. The summed E-state index contributed by atoms with van der Waals surface area (Å²) in [7, 11) is 0. The van der Waals surface area contributed by atoms with Gasteiger partial charge in [0.1, 0.15) is 0 Å². The molecule has 0 spiro atoms. The van der Waals surface area contributed by atoms with Crippen molar-refractivity contribution in [2.24, 2.45) is 0 Å². The van der Waals surface area contributed by atoms with E-state index >= 15 is 0 Å². The Morgan fingerprint density at radius 2 is 0.952 bits per heavy atom. The molecule has 0 fully saturated rings. The van der Waals surface area contributed by atoms with Crippen LogP contribution >= 0.6 is 24.8 Å². The first-order chi connectivity index (χ1) is 19.6. The third kappa shape index (κ3) is 5.37. The van der Waals surface area contributed by atoms with Crippen molar-refractivity contribution in [3.8, 4) is 0 Å². The fourth-order valence-electron chi connectivity index (χ4n) is 7.17. The van der Waals surface area contributed by atoms with Crippen LogP contribution in [0.25, 0.3) is 11.1 Å². The molecule has 0 bridgehead atoms. The second-order valence-electron chi connectivity index (χ2n) is 11.3. The third-order valence-electron chi connectivity index (χ3n) is 9.31. The van der Waals surface area contributed by atoms with Gasteiger partial charge in [0.15, 0.2) is 0 Å². The van der Waals surface area contributed by atoms with Gasteiger partial charge in [-0.15, -0.1) is 24.8 Å². The fourth-order valence-corrected chi connectivity index (χ4v) is 37.9. The minimum Gasteiger partial charge on any atom is -0.147 e. The summed E-state index contributed by atoms with van der Waals surface area (Å²) in [4.78, 5) is 0. The van der Waals surface area contributed by atoms with E-state index in [4.69, 9.17) is 0 Å². The molecule has 0 N–H and O–H groups in total. The van der Waals surface area contributed by atoms with Crippen LogP contribution < -0.4 is 6.54 Å². The van der Waals surface area contributed by atoms with E-state index in [-0.39, 0.29) is 24.8 Å². The monoisotopic (exact) mass is 730 g/mol. The maximum atomic E-state index is 2.47. The van der Waals surface area contributed by atoms with Gasteiger partial charge in [0.25, 0.3) is 0 Å². The van der Waals surface area contributed by atoms with Crippen molar-refractivity contribution in [1.29, 1.82) is 0 Å². The zero-order valence-corrected chi connectivity index (χ0v) is 31.6. The van der Waals surface area contributed by atoms with Crippen LogP contribution in [0.15, 0.2) is 140 Å². The van der Waals surface area contributed by atoms with Gasteiger partial charge < -0.3 is 0 Å². The minimum atomic E-state index is -4.34. The van der Waals surface area contributed by atoms with Crippen LogP contribution in [0.4, 0.5) is 0 Å². The Morgan fingerprint density at radius 3 is 1.33 bits per heavy atom. The molecular formula is C38H40Cl2GeZr. The van der Waals surface area contributed by atoms with Crippen LogP contribution in [-0.4, -0.2) is 12.1 Å². The van der Waals surface area contributed by atoms with E-state index in [9.17, 15) is 0 Å². The quantitative estimate of drug-likeness (QED) is 0.160. The molecule has 0 atom stereocenters. The van der Waals surface area contributed by atoms with Crippen LogP contribution in [0.1, 0.15) is 48.9 Å². The molecule has 214 valence electrons. The summed E-state index contributed by atoms with van der Waals surface area (Å²) in [6, 6.07) is 42.0. The first-order valence-corrected chi connectivity index (χ1v) is 30.1. The molecule has 4 heteroatoms. The molecule has 4 aromatic carbocycles. The molecule has 0 saturated carbocycles. The summed E-state index contributed by atoms with van der Waals surface area (Å²) < 4.78 is 6.60. The molecule has 0 heterocycles. The number of rotatable bonds is 8. The number of aryl methyl sites for hydroxylation is 2. The molecule has 0 aliphatic heterocycles. The average molecular weight is 731 g/mol. The maximum Gasteiger partial charge on any atom is -0.147 e. The summed E-state index contributed by atoms with van der Waals surface area (Å²) in [5.74, 6) is 0. The summed E-state index contributed by atoms with van der Waals surface area (Å²) in [6.45, 7) is 4.52. The Hall–Kier alpha value is -2.15.